The second-order valence-electron chi connectivity index (χ2n) is 8.52. The van der Waals surface area contributed by atoms with E-state index in [1.54, 1.807) is 0 Å². The monoisotopic (exact) mass is 374 g/mol. The zero-order valence-electron chi connectivity index (χ0n) is 16.5. The van der Waals surface area contributed by atoms with Crippen molar-refractivity contribution in [2.24, 2.45) is 0 Å². The van der Waals surface area contributed by atoms with Crippen LogP contribution in [0.4, 0.5) is 5.69 Å². The van der Waals surface area contributed by atoms with Crippen LogP contribution >= 0.6 is 0 Å². The van der Waals surface area contributed by atoms with E-state index >= 15 is 0 Å². The molecule has 4 fully saturated rings. The molecule has 0 radical (unpaired) electrons. The number of fused-ring (bicyclic) bond motifs is 2. The molecule has 1 aromatic heterocycles. The largest absolute Gasteiger partial charge is 0.474 e. The molecule has 0 spiro atoms. The average Bonchev–Trinajstić information content (AvgIpc) is 2.91. The van der Waals surface area contributed by atoms with Gasteiger partial charge in [-0.1, -0.05) is 0 Å². The Morgan fingerprint density at radius 2 is 1.78 bits per heavy atom. The standard InChI is InChI=1S/C16H23N3O.C5H11NO/c1-18-10-13-5-6-14(11-18)19(13)12-7-8-17-16(9-12)20-15-3-2-4-15;7-5-1-3-6-4-2-5/h7-9,13-15H,2-6,10-11H2,1H3;5-7H,1-4H2. The fourth-order valence-corrected chi connectivity index (χ4v) is 4.63. The van der Waals surface area contributed by atoms with Crippen LogP contribution in [0.5, 0.6) is 5.88 Å². The van der Waals surface area contributed by atoms with Crippen LogP contribution in [0.2, 0.25) is 0 Å². The van der Waals surface area contributed by atoms with E-state index in [1.807, 2.05) is 6.20 Å². The highest BCUT2D eigenvalue weighted by Crippen LogP contribution is 2.35. The molecule has 2 atom stereocenters. The van der Waals surface area contributed by atoms with Crippen LogP contribution in [-0.4, -0.2) is 72.5 Å². The Bertz CT molecular complexity index is 590. The second kappa shape index (κ2) is 8.76. The fraction of sp³-hybridized carbons (Fsp3) is 0.762. The van der Waals surface area contributed by atoms with Gasteiger partial charge in [0.25, 0.3) is 0 Å². The van der Waals surface area contributed by atoms with Crippen LogP contribution in [0.15, 0.2) is 18.3 Å². The molecule has 1 saturated carbocycles. The van der Waals surface area contributed by atoms with Crippen LogP contribution in [0, 0.1) is 0 Å². The molecule has 2 unspecified atom stereocenters. The van der Waals surface area contributed by atoms with E-state index in [0.717, 1.165) is 31.8 Å². The summed E-state index contributed by atoms with van der Waals surface area (Å²) in [5, 5.41) is 12.0. The smallest absolute Gasteiger partial charge is 0.215 e. The molecule has 2 bridgehead atoms. The molecule has 4 heterocycles. The van der Waals surface area contributed by atoms with Crippen molar-refractivity contribution in [3.63, 3.8) is 0 Å². The van der Waals surface area contributed by atoms with E-state index < -0.39 is 0 Å². The van der Waals surface area contributed by atoms with Gasteiger partial charge in [-0.2, -0.15) is 0 Å². The van der Waals surface area contributed by atoms with E-state index in [-0.39, 0.29) is 6.10 Å². The third kappa shape index (κ3) is 4.73. The van der Waals surface area contributed by atoms with Crippen molar-refractivity contribution in [3.8, 4) is 5.88 Å². The van der Waals surface area contributed by atoms with E-state index in [2.05, 4.69) is 39.3 Å². The van der Waals surface area contributed by atoms with Crippen LogP contribution in [0.3, 0.4) is 0 Å². The number of rotatable bonds is 3. The van der Waals surface area contributed by atoms with E-state index in [1.165, 1.54) is 50.9 Å². The third-order valence-electron chi connectivity index (χ3n) is 6.33. The molecule has 1 aromatic rings. The molecule has 1 aliphatic carbocycles. The predicted molar refractivity (Wildman–Crippen MR) is 107 cm³/mol. The Balaban J connectivity index is 0.000000218. The number of hydrogen-bond donors (Lipinski definition) is 2. The number of aliphatic hydroxyl groups excluding tert-OH is 1. The number of nitrogens with zero attached hydrogens (tertiary/aromatic N) is 3. The van der Waals surface area contributed by atoms with Crippen molar-refractivity contribution in [2.45, 2.75) is 69.2 Å². The van der Waals surface area contributed by atoms with Gasteiger partial charge in [-0.3, -0.25) is 0 Å². The zero-order valence-corrected chi connectivity index (χ0v) is 16.5. The number of piperidine rings is 1. The predicted octanol–water partition coefficient (Wildman–Crippen LogP) is 2.03. The van der Waals surface area contributed by atoms with Gasteiger partial charge < -0.3 is 25.0 Å². The van der Waals surface area contributed by atoms with E-state index in [4.69, 9.17) is 9.84 Å². The number of pyridine rings is 1. The Morgan fingerprint density at radius 3 is 2.33 bits per heavy atom. The highest BCUT2D eigenvalue weighted by molar-refractivity contribution is 5.52. The van der Waals surface area contributed by atoms with Crippen molar-refractivity contribution >= 4 is 5.69 Å². The summed E-state index contributed by atoms with van der Waals surface area (Å²) in [5.74, 6) is 0.811. The van der Waals surface area contributed by atoms with Gasteiger partial charge in [0, 0.05) is 43.1 Å². The molecule has 6 heteroatoms. The summed E-state index contributed by atoms with van der Waals surface area (Å²) in [6, 6.07) is 5.62. The Hall–Kier alpha value is -1.37. The first-order valence-electron chi connectivity index (χ1n) is 10.7. The summed E-state index contributed by atoms with van der Waals surface area (Å²) in [6.07, 6.45) is 10.4. The quantitative estimate of drug-likeness (QED) is 0.844. The summed E-state index contributed by atoms with van der Waals surface area (Å²) in [5.41, 5.74) is 1.30. The number of aliphatic hydroxyl groups is 1. The fourth-order valence-electron chi connectivity index (χ4n) is 4.63. The highest BCUT2D eigenvalue weighted by atomic mass is 16.5. The molecule has 2 N–H and O–H groups in total. The zero-order chi connectivity index (χ0) is 18.6. The first-order chi connectivity index (χ1) is 13.2. The van der Waals surface area contributed by atoms with Crippen molar-refractivity contribution in [1.29, 1.82) is 0 Å². The number of nitrogens with one attached hydrogen (secondary N) is 1. The number of ether oxygens (including phenoxy) is 1. The first kappa shape index (κ1) is 19.0. The summed E-state index contributed by atoms with van der Waals surface area (Å²) in [7, 11) is 2.24. The lowest BCUT2D eigenvalue weighted by Gasteiger charge is -2.41. The van der Waals surface area contributed by atoms with Crippen molar-refractivity contribution in [3.05, 3.63) is 18.3 Å². The normalized spacial score (nSPS) is 29.0. The van der Waals surface area contributed by atoms with Gasteiger partial charge in [0.2, 0.25) is 5.88 Å². The van der Waals surface area contributed by atoms with Crippen LogP contribution < -0.4 is 15.0 Å². The summed E-state index contributed by atoms with van der Waals surface area (Å²) in [4.78, 5) is 9.45. The molecular weight excluding hydrogens is 340 g/mol. The Labute approximate surface area is 162 Å². The first-order valence-corrected chi connectivity index (χ1v) is 10.7. The summed E-state index contributed by atoms with van der Waals surface area (Å²) in [6.45, 7) is 4.33. The average molecular weight is 375 g/mol. The number of hydrogen-bond acceptors (Lipinski definition) is 6. The maximum Gasteiger partial charge on any atom is 0.215 e. The maximum atomic E-state index is 8.87. The van der Waals surface area contributed by atoms with Gasteiger partial charge in [-0.25, -0.2) is 4.98 Å². The minimum atomic E-state index is -0.0266. The third-order valence-corrected chi connectivity index (χ3v) is 6.33. The Morgan fingerprint density at radius 1 is 1.07 bits per heavy atom. The van der Waals surface area contributed by atoms with Gasteiger partial charge in [0.15, 0.2) is 0 Å². The molecule has 4 aliphatic rings. The topological polar surface area (TPSA) is 60.9 Å². The number of likely N-dealkylation sites (tertiary alicyclic amines) is 1. The van der Waals surface area contributed by atoms with Crippen molar-refractivity contribution in [2.75, 3.05) is 38.1 Å². The van der Waals surface area contributed by atoms with Gasteiger partial charge in [0.05, 0.1) is 6.10 Å². The lowest BCUT2D eigenvalue weighted by Crippen LogP contribution is -2.52. The van der Waals surface area contributed by atoms with E-state index in [9.17, 15) is 0 Å². The molecule has 0 amide bonds. The maximum absolute atomic E-state index is 8.87. The Kier molecular flexibility index (Phi) is 6.15. The summed E-state index contributed by atoms with van der Waals surface area (Å²) >= 11 is 0. The van der Waals surface area contributed by atoms with Gasteiger partial charge in [-0.05, 0) is 71.1 Å². The molecular formula is C21H34N4O2. The van der Waals surface area contributed by atoms with E-state index in [0.29, 0.717) is 18.2 Å². The number of likely N-dealkylation sites (N-methyl/N-ethyl adjacent to an activating group) is 1. The molecule has 3 saturated heterocycles. The molecule has 6 nitrogen and oxygen atoms in total. The number of aromatic nitrogens is 1. The lowest BCUT2D eigenvalue weighted by molar-refractivity contribution is 0.114. The molecule has 0 aromatic carbocycles. The number of anilines is 1. The van der Waals surface area contributed by atoms with Crippen molar-refractivity contribution in [1.82, 2.24) is 15.2 Å². The molecule has 5 rings (SSSR count). The SMILES string of the molecule is CN1CC2CCC(C1)N2c1ccnc(OC2CCC2)c1.OC1CCNCC1. The molecule has 150 valence electrons. The summed E-state index contributed by atoms with van der Waals surface area (Å²) < 4.78 is 5.95. The van der Waals surface area contributed by atoms with Crippen LogP contribution in [-0.2, 0) is 0 Å². The highest BCUT2D eigenvalue weighted by Gasteiger charge is 2.38. The number of piperazine rings is 1. The van der Waals surface area contributed by atoms with Gasteiger partial charge >= 0.3 is 0 Å². The van der Waals surface area contributed by atoms with Crippen molar-refractivity contribution < 1.29 is 9.84 Å². The van der Waals surface area contributed by atoms with Gasteiger partial charge in [-0.15, -0.1) is 0 Å². The minimum Gasteiger partial charge on any atom is -0.474 e. The second-order valence-corrected chi connectivity index (χ2v) is 8.52. The minimum absolute atomic E-state index is 0.0266. The molecule has 3 aliphatic heterocycles. The lowest BCUT2D eigenvalue weighted by atomic mass is 9.96. The molecule has 27 heavy (non-hydrogen) atoms. The van der Waals surface area contributed by atoms with Crippen LogP contribution in [0.1, 0.15) is 44.9 Å². The van der Waals surface area contributed by atoms with Crippen LogP contribution in [0.25, 0.3) is 0 Å². The van der Waals surface area contributed by atoms with Gasteiger partial charge in [0.1, 0.15) is 6.10 Å².